The molecule has 0 aliphatic rings. The molecular formula is C10H12BrNO. The van der Waals surface area contributed by atoms with Gasteiger partial charge in [-0.15, -0.1) is 0 Å². The number of aromatic nitrogens is 1. The van der Waals surface area contributed by atoms with Crippen molar-refractivity contribution in [2.75, 3.05) is 0 Å². The Hall–Kier alpha value is -0.700. The normalized spacial score (nSPS) is 11.4. The van der Waals surface area contributed by atoms with Gasteiger partial charge in [0.1, 0.15) is 5.69 Å². The van der Waals surface area contributed by atoms with Crippen LogP contribution in [0.1, 0.15) is 31.3 Å². The lowest BCUT2D eigenvalue weighted by Gasteiger charge is -2.16. The van der Waals surface area contributed by atoms with Gasteiger partial charge in [0.2, 0.25) is 0 Å². The smallest absolute Gasteiger partial charge is 0.187 e. The standard InChI is InChI=1S/C10H12BrNO/c1-10(2,3)9(13)8-7(11)5-4-6-12-8/h4-6H,1-3H3. The highest BCUT2D eigenvalue weighted by Crippen LogP contribution is 2.24. The molecule has 0 spiro atoms. The Kier molecular flexibility index (Phi) is 2.86. The molecule has 0 unspecified atom stereocenters. The third kappa shape index (κ3) is 2.37. The number of pyridine rings is 1. The van der Waals surface area contributed by atoms with Crippen molar-refractivity contribution >= 4 is 21.7 Å². The summed E-state index contributed by atoms with van der Waals surface area (Å²) in [7, 11) is 0. The van der Waals surface area contributed by atoms with Crippen molar-refractivity contribution in [3.63, 3.8) is 0 Å². The fraction of sp³-hybridized carbons (Fsp3) is 0.400. The molecule has 0 amide bonds. The minimum atomic E-state index is -0.378. The zero-order chi connectivity index (χ0) is 10.1. The number of hydrogen-bond donors (Lipinski definition) is 0. The second-order valence-corrected chi connectivity index (χ2v) is 4.77. The quantitative estimate of drug-likeness (QED) is 0.708. The molecule has 1 aromatic rings. The summed E-state index contributed by atoms with van der Waals surface area (Å²) in [5.74, 6) is 0.0555. The molecule has 2 nitrogen and oxygen atoms in total. The predicted octanol–water partition coefficient (Wildman–Crippen LogP) is 3.07. The number of hydrogen-bond acceptors (Lipinski definition) is 2. The number of rotatable bonds is 1. The zero-order valence-electron chi connectivity index (χ0n) is 7.97. The van der Waals surface area contributed by atoms with Gasteiger partial charge in [0.15, 0.2) is 5.78 Å². The van der Waals surface area contributed by atoms with Gasteiger partial charge < -0.3 is 0 Å². The van der Waals surface area contributed by atoms with E-state index in [0.717, 1.165) is 4.47 Å². The van der Waals surface area contributed by atoms with Crippen molar-refractivity contribution in [3.05, 3.63) is 28.5 Å². The summed E-state index contributed by atoms with van der Waals surface area (Å²) in [5.41, 5.74) is 0.131. The van der Waals surface area contributed by atoms with Crippen molar-refractivity contribution in [2.24, 2.45) is 5.41 Å². The van der Waals surface area contributed by atoms with Crippen LogP contribution < -0.4 is 0 Å². The maximum Gasteiger partial charge on any atom is 0.187 e. The lowest BCUT2D eigenvalue weighted by atomic mass is 9.89. The van der Waals surface area contributed by atoms with Crippen LogP contribution in [0.25, 0.3) is 0 Å². The third-order valence-electron chi connectivity index (χ3n) is 1.65. The molecule has 13 heavy (non-hydrogen) atoms. The number of ketones is 1. The van der Waals surface area contributed by atoms with E-state index in [9.17, 15) is 4.79 Å². The highest BCUT2D eigenvalue weighted by molar-refractivity contribution is 9.10. The molecule has 0 saturated carbocycles. The maximum absolute atomic E-state index is 11.8. The van der Waals surface area contributed by atoms with Crippen molar-refractivity contribution in [1.29, 1.82) is 0 Å². The first-order chi connectivity index (χ1) is 5.93. The molecule has 3 heteroatoms. The van der Waals surface area contributed by atoms with E-state index < -0.39 is 0 Å². The topological polar surface area (TPSA) is 30.0 Å². The summed E-state index contributed by atoms with van der Waals surface area (Å²) >= 11 is 3.31. The van der Waals surface area contributed by atoms with Gasteiger partial charge in [-0.05, 0) is 28.1 Å². The van der Waals surface area contributed by atoms with Gasteiger partial charge in [-0.25, -0.2) is 0 Å². The van der Waals surface area contributed by atoms with Crippen LogP contribution in [-0.4, -0.2) is 10.8 Å². The number of Topliss-reactive ketones (excluding diaryl/α,β-unsaturated/α-hetero) is 1. The minimum absolute atomic E-state index is 0.0555. The van der Waals surface area contributed by atoms with E-state index >= 15 is 0 Å². The van der Waals surface area contributed by atoms with Crippen molar-refractivity contribution in [2.45, 2.75) is 20.8 Å². The number of nitrogens with zero attached hydrogens (tertiary/aromatic N) is 1. The molecule has 0 saturated heterocycles. The highest BCUT2D eigenvalue weighted by atomic mass is 79.9. The first-order valence-corrected chi connectivity index (χ1v) is 4.87. The van der Waals surface area contributed by atoms with Gasteiger partial charge >= 0.3 is 0 Å². The summed E-state index contributed by atoms with van der Waals surface area (Å²) in [6.07, 6.45) is 1.63. The van der Waals surface area contributed by atoms with Crippen molar-refractivity contribution < 1.29 is 4.79 Å². The van der Waals surface area contributed by atoms with Crippen LogP contribution in [0.3, 0.4) is 0 Å². The highest BCUT2D eigenvalue weighted by Gasteiger charge is 2.25. The number of carbonyl (C=O) groups excluding carboxylic acids is 1. The molecule has 1 heterocycles. The predicted molar refractivity (Wildman–Crippen MR) is 55.7 cm³/mol. The molecule has 0 aromatic carbocycles. The lowest BCUT2D eigenvalue weighted by molar-refractivity contribution is 0.0852. The molecular weight excluding hydrogens is 230 g/mol. The first-order valence-electron chi connectivity index (χ1n) is 4.08. The van der Waals surface area contributed by atoms with Gasteiger partial charge in [0, 0.05) is 16.1 Å². The summed E-state index contributed by atoms with van der Waals surface area (Å²) < 4.78 is 0.759. The third-order valence-corrected chi connectivity index (χ3v) is 2.29. The molecule has 1 aromatic heterocycles. The molecule has 0 radical (unpaired) electrons. The van der Waals surface area contributed by atoms with E-state index in [1.54, 1.807) is 12.3 Å². The van der Waals surface area contributed by atoms with E-state index in [1.807, 2.05) is 26.8 Å². The molecule has 0 aliphatic carbocycles. The van der Waals surface area contributed by atoms with E-state index in [-0.39, 0.29) is 11.2 Å². The van der Waals surface area contributed by atoms with Crippen LogP contribution in [0.2, 0.25) is 0 Å². The zero-order valence-corrected chi connectivity index (χ0v) is 9.55. The molecule has 0 bridgehead atoms. The van der Waals surface area contributed by atoms with Crippen LogP contribution in [0.5, 0.6) is 0 Å². The Bertz CT molecular complexity index is 328. The van der Waals surface area contributed by atoms with Gasteiger partial charge in [0.25, 0.3) is 0 Å². The number of halogens is 1. The lowest BCUT2D eigenvalue weighted by Crippen LogP contribution is -2.21. The second kappa shape index (κ2) is 3.58. The SMILES string of the molecule is CC(C)(C)C(=O)c1ncccc1Br. The average molecular weight is 242 g/mol. The van der Waals surface area contributed by atoms with E-state index in [4.69, 9.17) is 0 Å². The summed E-state index contributed by atoms with van der Waals surface area (Å²) in [4.78, 5) is 15.8. The van der Waals surface area contributed by atoms with Gasteiger partial charge in [-0.1, -0.05) is 20.8 Å². The molecule has 1 rings (SSSR count). The van der Waals surface area contributed by atoms with Gasteiger partial charge in [0.05, 0.1) is 0 Å². The number of carbonyl (C=O) groups is 1. The average Bonchev–Trinajstić information content (AvgIpc) is 2.02. The van der Waals surface area contributed by atoms with Crippen LogP contribution in [-0.2, 0) is 0 Å². The second-order valence-electron chi connectivity index (χ2n) is 3.91. The fourth-order valence-corrected chi connectivity index (χ4v) is 1.34. The molecule has 0 atom stereocenters. The largest absolute Gasteiger partial charge is 0.292 e. The van der Waals surface area contributed by atoms with Gasteiger partial charge in [-0.3, -0.25) is 9.78 Å². The van der Waals surface area contributed by atoms with Crippen LogP contribution in [0.15, 0.2) is 22.8 Å². The van der Waals surface area contributed by atoms with Gasteiger partial charge in [-0.2, -0.15) is 0 Å². The minimum Gasteiger partial charge on any atom is -0.292 e. The molecule has 70 valence electrons. The van der Waals surface area contributed by atoms with Crippen molar-refractivity contribution in [3.8, 4) is 0 Å². The molecule has 0 N–H and O–H groups in total. The maximum atomic E-state index is 11.8. The Balaban J connectivity index is 3.10. The molecule has 0 aliphatic heterocycles. The van der Waals surface area contributed by atoms with Crippen molar-refractivity contribution in [1.82, 2.24) is 4.98 Å². The first kappa shape index (κ1) is 10.4. The summed E-state index contributed by atoms with van der Waals surface area (Å²) in [5, 5.41) is 0. The van der Waals surface area contributed by atoms with E-state index in [0.29, 0.717) is 5.69 Å². The van der Waals surface area contributed by atoms with E-state index in [2.05, 4.69) is 20.9 Å². The summed E-state index contributed by atoms with van der Waals surface area (Å²) in [6, 6.07) is 3.62. The summed E-state index contributed by atoms with van der Waals surface area (Å²) in [6.45, 7) is 5.66. The molecule has 0 fully saturated rings. The Morgan fingerprint density at radius 2 is 2.08 bits per heavy atom. The monoisotopic (exact) mass is 241 g/mol. The van der Waals surface area contributed by atoms with E-state index in [1.165, 1.54) is 0 Å². The van der Waals surface area contributed by atoms with Crippen LogP contribution in [0, 0.1) is 5.41 Å². The Morgan fingerprint density at radius 3 is 2.54 bits per heavy atom. The Morgan fingerprint density at radius 1 is 1.46 bits per heavy atom. The van der Waals surface area contributed by atoms with Crippen LogP contribution in [0.4, 0.5) is 0 Å². The van der Waals surface area contributed by atoms with Crippen LogP contribution >= 0.6 is 15.9 Å². The Labute approximate surface area is 86.5 Å². The fourth-order valence-electron chi connectivity index (χ4n) is 0.908.